The Morgan fingerprint density at radius 1 is 0.821 bits per heavy atom. The van der Waals surface area contributed by atoms with Crippen molar-refractivity contribution < 1.29 is 43.2 Å². The summed E-state index contributed by atoms with van der Waals surface area (Å²) in [7, 11) is -11.8. The molecule has 0 aromatic heterocycles. The first-order valence-corrected chi connectivity index (χ1v) is 10.5. The molecule has 1 aromatic rings. The maximum Gasteiger partial charge on any atom is 0.511 e. The average molecular weight is 455 g/mol. The molecule has 28 heavy (non-hydrogen) atoms. The van der Waals surface area contributed by atoms with Gasteiger partial charge in [-0.05, 0) is 5.56 Å². The van der Waals surface area contributed by atoms with Crippen LogP contribution in [0.4, 0.5) is 26.3 Å². The first-order chi connectivity index (χ1) is 12.6. The molecule has 0 aliphatic carbocycles. The van der Waals surface area contributed by atoms with Crippen molar-refractivity contribution >= 4 is 20.0 Å². The van der Waals surface area contributed by atoms with Crippen LogP contribution in [0.15, 0.2) is 30.3 Å². The van der Waals surface area contributed by atoms with Crippen LogP contribution < -0.4 is 9.44 Å². The Hall–Kier alpha value is -1.42. The lowest BCUT2D eigenvalue weighted by molar-refractivity contribution is -0.0463. The summed E-state index contributed by atoms with van der Waals surface area (Å²) in [6, 6.07) is 4.76. The van der Waals surface area contributed by atoms with E-state index in [-0.39, 0.29) is 6.54 Å². The van der Waals surface area contributed by atoms with Gasteiger partial charge in [-0.2, -0.15) is 26.3 Å². The Morgan fingerprint density at radius 2 is 1.21 bits per heavy atom. The highest BCUT2D eigenvalue weighted by molar-refractivity contribution is 7.90. The quantitative estimate of drug-likeness (QED) is 0.627. The fourth-order valence-corrected chi connectivity index (χ4v) is 4.17. The molecule has 0 spiro atoms. The van der Waals surface area contributed by atoms with Gasteiger partial charge in [-0.3, -0.25) is 4.90 Å². The summed E-state index contributed by atoms with van der Waals surface area (Å²) >= 11 is 0. The number of hydrogen-bond donors (Lipinski definition) is 2. The van der Waals surface area contributed by atoms with Crippen LogP contribution in [-0.4, -0.2) is 57.9 Å². The van der Waals surface area contributed by atoms with Gasteiger partial charge in [0.2, 0.25) is 0 Å². The standard InChI is InChI=1S/C13H15F6N3O4S2/c14-12(15,16)27(23,24)20-10-7-22(6-9-4-2-1-3-5-9)8-11(10)21-28(25,26)13(17,18)19/h1-5,10-11,20-21H,6-8H2. The average Bonchev–Trinajstić information content (AvgIpc) is 2.86. The lowest BCUT2D eigenvalue weighted by Gasteiger charge is -2.22. The topological polar surface area (TPSA) is 95.6 Å². The second-order valence-corrected chi connectivity index (χ2v) is 9.44. The van der Waals surface area contributed by atoms with E-state index in [0.29, 0.717) is 5.56 Å². The van der Waals surface area contributed by atoms with E-state index in [0.717, 1.165) is 0 Å². The van der Waals surface area contributed by atoms with Gasteiger partial charge in [-0.15, -0.1) is 0 Å². The predicted molar refractivity (Wildman–Crippen MR) is 85.5 cm³/mol. The fourth-order valence-electron chi connectivity index (χ4n) is 2.63. The van der Waals surface area contributed by atoms with Crippen molar-refractivity contribution in [2.24, 2.45) is 0 Å². The molecule has 1 heterocycles. The van der Waals surface area contributed by atoms with Crippen LogP contribution in [-0.2, 0) is 26.6 Å². The van der Waals surface area contributed by atoms with Crippen molar-refractivity contribution in [2.45, 2.75) is 29.6 Å². The van der Waals surface area contributed by atoms with E-state index >= 15 is 0 Å². The number of nitrogens with zero attached hydrogens (tertiary/aromatic N) is 1. The zero-order valence-corrected chi connectivity index (χ0v) is 15.5. The molecule has 0 radical (unpaired) electrons. The molecule has 1 fully saturated rings. The third kappa shape index (κ3) is 5.34. The summed E-state index contributed by atoms with van der Waals surface area (Å²) in [6.07, 6.45) is 0. The molecular formula is C13H15F6N3O4S2. The highest BCUT2D eigenvalue weighted by Crippen LogP contribution is 2.26. The first kappa shape index (κ1) is 22.9. The maximum absolute atomic E-state index is 12.6. The molecular weight excluding hydrogens is 440 g/mol. The number of rotatable bonds is 6. The number of sulfonamides is 2. The zero-order valence-electron chi connectivity index (χ0n) is 13.8. The summed E-state index contributed by atoms with van der Waals surface area (Å²) in [5.74, 6) is 0. The zero-order chi connectivity index (χ0) is 21.4. The second-order valence-electron chi connectivity index (χ2n) is 6.03. The highest BCUT2D eigenvalue weighted by atomic mass is 32.2. The molecule has 1 aliphatic rings. The van der Waals surface area contributed by atoms with E-state index in [2.05, 4.69) is 0 Å². The molecule has 15 heteroatoms. The molecule has 1 aliphatic heterocycles. The van der Waals surface area contributed by atoms with Crippen molar-refractivity contribution in [1.29, 1.82) is 0 Å². The molecule has 160 valence electrons. The third-order valence-electron chi connectivity index (χ3n) is 3.87. The molecule has 0 bridgehead atoms. The van der Waals surface area contributed by atoms with Gasteiger partial charge in [0.15, 0.2) is 0 Å². The lowest BCUT2D eigenvalue weighted by atomic mass is 10.2. The number of benzene rings is 1. The number of halogens is 6. The summed E-state index contributed by atoms with van der Waals surface area (Å²) in [4.78, 5) is 1.34. The summed E-state index contributed by atoms with van der Waals surface area (Å²) in [6.45, 7) is -0.806. The monoisotopic (exact) mass is 455 g/mol. The van der Waals surface area contributed by atoms with E-state index in [1.165, 1.54) is 14.3 Å². The van der Waals surface area contributed by atoms with Gasteiger partial charge < -0.3 is 0 Å². The molecule has 7 nitrogen and oxygen atoms in total. The summed E-state index contributed by atoms with van der Waals surface area (Å²) in [5, 5.41) is 0. The van der Waals surface area contributed by atoms with Crippen molar-refractivity contribution in [3.63, 3.8) is 0 Å². The van der Waals surface area contributed by atoms with Crippen LogP contribution in [0.2, 0.25) is 0 Å². The summed E-state index contributed by atoms with van der Waals surface area (Å²) in [5.41, 5.74) is -10.8. The van der Waals surface area contributed by atoms with Gasteiger partial charge >= 0.3 is 31.1 Å². The molecule has 0 amide bonds. The maximum atomic E-state index is 12.6. The Kier molecular flexibility index (Phi) is 6.35. The van der Waals surface area contributed by atoms with Crippen LogP contribution in [0.5, 0.6) is 0 Å². The molecule has 2 rings (SSSR count). The normalized spacial score (nSPS) is 22.5. The van der Waals surface area contributed by atoms with Crippen LogP contribution in [0, 0.1) is 0 Å². The van der Waals surface area contributed by atoms with Crippen molar-refractivity contribution in [1.82, 2.24) is 14.3 Å². The van der Waals surface area contributed by atoms with Gasteiger partial charge in [-0.1, -0.05) is 30.3 Å². The smallest absolute Gasteiger partial charge is 0.296 e. The Morgan fingerprint density at radius 3 is 1.57 bits per heavy atom. The van der Waals surface area contributed by atoms with E-state index in [4.69, 9.17) is 0 Å². The van der Waals surface area contributed by atoms with E-state index in [1.807, 2.05) is 0 Å². The SMILES string of the molecule is O=S(=O)(NC1CN(Cc2ccccc2)CC1NS(=O)(=O)C(F)(F)F)C(F)(F)F. The van der Waals surface area contributed by atoms with Crippen LogP contribution in [0.3, 0.4) is 0 Å². The van der Waals surface area contributed by atoms with E-state index in [9.17, 15) is 43.2 Å². The van der Waals surface area contributed by atoms with E-state index in [1.54, 1.807) is 30.3 Å². The van der Waals surface area contributed by atoms with Gasteiger partial charge in [0, 0.05) is 19.6 Å². The summed E-state index contributed by atoms with van der Waals surface area (Å²) < 4.78 is 123. The molecule has 1 aromatic carbocycles. The van der Waals surface area contributed by atoms with Crippen molar-refractivity contribution in [3.8, 4) is 0 Å². The van der Waals surface area contributed by atoms with Crippen LogP contribution in [0.1, 0.15) is 5.56 Å². The Bertz CT molecular complexity index is 833. The van der Waals surface area contributed by atoms with Gasteiger partial charge in [-0.25, -0.2) is 26.3 Å². The van der Waals surface area contributed by atoms with E-state index < -0.39 is 56.2 Å². The third-order valence-corrected chi connectivity index (χ3v) is 6.31. The fraction of sp³-hybridized carbons (Fsp3) is 0.538. The lowest BCUT2D eigenvalue weighted by Crippen LogP contribution is -2.55. The van der Waals surface area contributed by atoms with Gasteiger partial charge in [0.05, 0.1) is 12.1 Å². The molecule has 0 saturated carbocycles. The highest BCUT2D eigenvalue weighted by Gasteiger charge is 2.52. The molecule has 2 N–H and O–H groups in total. The molecule has 1 saturated heterocycles. The number of nitrogens with one attached hydrogen (secondary N) is 2. The Balaban J connectivity index is 2.24. The Labute approximate surface area is 156 Å². The number of alkyl halides is 6. The molecule has 2 atom stereocenters. The molecule has 2 unspecified atom stereocenters. The minimum absolute atomic E-state index is 0.0648. The van der Waals surface area contributed by atoms with Crippen LogP contribution >= 0.6 is 0 Å². The minimum atomic E-state index is -5.89. The number of likely N-dealkylation sites (tertiary alicyclic amines) is 1. The predicted octanol–water partition coefficient (Wildman–Crippen LogP) is 1.12. The van der Waals surface area contributed by atoms with Gasteiger partial charge in [0.25, 0.3) is 0 Å². The minimum Gasteiger partial charge on any atom is -0.296 e. The van der Waals surface area contributed by atoms with Gasteiger partial charge in [0.1, 0.15) is 0 Å². The van der Waals surface area contributed by atoms with Crippen LogP contribution in [0.25, 0.3) is 0 Å². The second kappa shape index (κ2) is 7.78. The largest absolute Gasteiger partial charge is 0.511 e. The number of hydrogen-bond acceptors (Lipinski definition) is 5. The van der Waals surface area contributed by atoms with Crippen molar-refractivity contribution in [2.75, 3.05) is 13.1 Å². The van der Waals surface area contributed by atoms with Crippen molar-refractivity contribution in [3.05, 3.63) is 35.9 Å². The first-order valence-electron chi connectivity index (χ1n) is 7.56.